The molecular formula is C15H14N2O3S. The molecule has 0 fully saturated rings. The zero-order chi connectivity index (χ0) is 15.5. The predicted molar refractivity (Wildman–Crippen MR) is 79.0 cm³/mol. The van der Waals surface area contributed by atoms with Crippen LogP contribution in [0.1, 0.15) is 24.2 Å². The smallest absolute Gasteiger partial charge is 0.261 e. The maximum Gasteiger partial charge on any atom is 0.261 e. The number of aliphatic hydroxyl groups is 1. The number of benzene rings is 2. The van der Waals surface area contributed by atoms with Gasteiger partial charge >= 0.3 is 0 Å². The van der Waals surface area contributed by atoms with Gasteiger partial charge in [-0.05, 0) is 42.8 Å². The molecule has 0 saturated heterocycles. The van der Waals surface area contributed by atoms with Crippen LogP contribution in [-0.2, 0) is 10.0 Å². The minimum Gasteiger partial charge on any atom is -0.389 e. The Kier molecular flexibility index (Phi) is 4.26. The van der Waals surface area contributed by atoms with Crippen molar-refractivity contribution in [3.63, 3.8) is 0 Å². The van der Waals surface area contributed by atoms with Gasteiger partial charge in [-0.2, -0.15) is 5.26 Å². The molecule has 0 amide bonds. The molecule has 2 rings (SSSR count). The van der Waals surface area contributed by atoms with Crippen molar-refractivity contribution in [2.24, 2.45) is 0 Å². The van der Waals surface area contributed by atoms with Crippen molar-refractivity contribution in [1.82, 2.24) is 0 Å². The highest BCUT2D eigenvalue weighted by Crippen LogP contribution is 2.20. The van der Waals surface area contributed by atoms with Crippen molar-refractivity contribution in [1.29, 1.82) is 5.26 Å². The van der Waals surface area contributed by atoms with E-state index in [-0.39, 0.29) is 4.90 Å². The second-order valence-corrected chi connectivity index (χ2v) is 6.23. The SMILES string of the molecule is CC(O)c1cccc(S(=O)(=O)Nc2cccc(C#N)c2)c1. The van der Waals surface area contributed by atoms with Crippen LogP contribution in [0.5, 0.6) is 0 Å². The molecule has 108 valence electrons. The molecule has 0 saturated carbocycles. The molecule has 0 radical (unpaired) electrons. The number of nitriles is 1. The Morgan fingerprint density at radius 1 is 1.19 bits per heavy atom. The minimum atomic E-state index is -3.76. The van der Waals surface area contributed by atoms with Crippen LogP contribution in [0.4, 0.5) is 5.69 Å². The molecule has 2 aromatic carbocycles. The Balaban J connectivity index is 2.34. The fourth-order valence-electron chi connectivity index (χ4n) is 1.81. The lowest BCUT2D eigenvalue weighted by Crippen LogP contribution is -2.13. The van der Waals surface area contributed by atoms with E-state index in [1.165, 1.54) is 18.2 Å². The van der Waals surface area contributed by atoms with Gasteiger partial charge in [-0.15, -0.1) is 0 Å². The number of nitrogens with zero attached hydrogens (tertiary/aromatic N) is 1. The number of anilines is 1. The molecule has 0 spiro atoms. The Bertz CT molecular complexity index is 793. The zero-order valence-corrected chi connectivity index (χ0v) is 12.1. The van der Waals surface area contributed by atoms with E-state index in [0.29, 0.717) is 16.8 Å². The first-order valence-corrected chi connectivity index (χ1v) is 7.72. The van der Waals surface area contributed by atoms with Crippen molar-refractivity contribution in [2.75, 3.05) is 4.72 Å². The van der Waals surface area contributed by atoms with E-state index >= 15 is 0 Å². The van der Waals surface area contributed by atoms with Gasteiger partial charge in [0.2, 0.25) is 0 Å². The minimum absolute atomic E-state index is 0.0586. The molecule has 6 heteroatoms. The van der Waals surface area contributed by atoms with E-state index in [4.69, 9.17) is 5.26 Å². The van der Waals surface area contributed by atoms with Crippen LogP contribution in [0.25, 0.3) is 0 Å². The van der Waals surface area contributed by atoms with Gasteiger partial charge in [0.1, 0.15) is 0 Å². The Morgan fingerprint density at radius 3 is 2.57 bits per heavy atom. The lowest BCUT2D eigenvalue weighted by Gasteiger charge is -2.10. The van der Waals surface area contributed by atoms with Crippen LogP contribution in [0.15, 0.2) is 53.4 Å². The number of hydrogen-bond acceptors (Lipinski definition) is 4. The second kappa shape index (κ2) is 5.95. The number of nitrogens with one attached hydrogen (secondary N) is 1. The highest BCUT2D eigenvalue weighted by molar-refractivity contribution is 7.92. The molecule has 0 bridgehead atoms. The first-order chi connectivity index (χ1) is 9.92. The van der Waals surface area contributed by atoms with Crippen LogP contribution >= 0.6 is 0 Å². The molecular weight excluding hydrogens is 288 g/mol. The molecule has 2 aromatic rings. The van der Waals surface area contributed by atoms with Crippen molar-refractivity contribution >= 4 is 15.7 Å². The standard InChI is InChI=1S/C15H14N2O3S/c1-11(18)13-5-3-7-15(9-13)21(19,20)17-14-6-2-4-12(8-14)10-16/h2-9,11,17-18H,1H3. The van der Waals surface area contributed by atoms with Gasteiger partial charge < -0.3 is 5.11 Å². The maximum absolute atomic E-state index is 12.3. The average Bonchev–Trinajstić information content (AvgIpc) is 2.47. The number of sulfonamides is 1. The second-order valence-electron chi connectivity index (χ2n) is 4.55. The molecule has 1 atom stereocenters. The molecule has 0 aliphatic carbocycles. The molecule has 0 aliphatic heterocycles. The van der Waals surface area contributed by atoms with Crippen LogP contribution in [0, 0.1) is 11.3 Å². The van der Waals surface area contributed by atoms with Gasteiger partial charge in [-0.25, -0.2) is 8.42 Å². The van der Waals surface area contributed by atoms with Gasteiger partial charge in [0.15, 0.2) is 0 Å². The molecule has 1 unspecified atom stereocenters. The highest BCUT2D eigenvalue weighted by atomic mass is 32.2. The third-order valence-electron chi connectivity index (χ3n) is 2.89. The van der Waals surface area contributed by atoms with Gasteiger partial charge in [-0.1, -0.05) is 18.2 Å². The monoisotopic (exact) mass is 302 g/mol. The topological polar surface area (TPSA) is 90.2 Å². The van der Waals surface area contributed by atoms with Gasteiger partial charge in [0.25, 0.3) is 10.0 Å². The fraction of sp³-hybridized carbons (Fsp3) is 0.133. The average molecular weight is 302 g/mol. The summed E-state index contributed by atoms with van der Waals surface area (Å²) in [6.45, 7) is 1.57. The third kappa shape index (κ3) is 3.60. The van der Waals surface area contributed by atoms with E-state index < -0.39 is 16.1 Å². The van der Waals surface area contributed by atoms with Crippen LogP contribution in [0.2, 0.25) is 0 Å². The third-order valence-corrected chi connectivity index (χ3v) is 4.27. The van der Waals surface area contributed by atoms with Crippen LogP contribution in [0.3, 0.4) is 0 Å². The summed E-state index contributed by atoms with van der Waals surface area (Å²) in [5, 5.41) is 18.3. The van der Waals surface area contributed by atoms with E-state index in [9.17, 15) is 13.5 Å². The zero-order valence-electron chi connectivity index (χ0n) is 11.3. The van der Waals surface area contributed by atoms with Gasteiger partial charge in [0.05, 0.1) is 28.3 Å². The molecule has 2 N–H and O–H groups in total. The summed E-state index contributed by atoms with van der Waals surface area (Å²) < 4.78 is 27.0. The van der Waals surface area contributed by atoms with E-state index in [2.05, 4.69) is 4.72 Å². The first-order valence-electron chi connectivity index (χ1n) is 6.23. The van der Waals surface area contributed by atoms with Gasteiger partial charge in [-0.3, -0.25) is 4.72 Å². The predicted octanol–water partition coefficient (Wildman–Crippen LogP) is 2.41. The van der Waals surface area contributed by atoms with E-state index in [1.807, 2.05) is 6.07 Å². The summed E-state index contributed by atoms with van der Waals surface area (Å²) in [6.07, 6.45) is -0.748. The van der Waals surface area contributed by atoms with E-state index in [1.54, 1.807) is 37.3 Å². The fourth-order valence-corrected chi connectivity index (χ4v) is 2.91. The lowest BCUT2D eigenvalue weighted by atomic mass is 10.1. The lowest BCUT2D eigenvalue weighted by molar-refractivity contribution is 0.199. The first kappa shape index (κ1) is 15.0. The molecule has 5 nitrogen and oxygen atoms in total. The summed E-state index contributed by atoms with van der Waals surface area (Å²) in [6, 6.07) is 14.2. The quantitative estimate of drug-likeness (QED) is 0.907. The molecule has 0 aromatic heterocycles. The molecule has 21 heavy (non-hydrogen) atoms. The van der Waals surface area contributed by atoms with Crippen molar-refractivity contribution < 1.29 is 13.5 Å². The molecule has 0 aliphatic rings. The summed E-state index contributed by atoms with van der Waals surface area (Å²) in [5.74, 6) is 0. The summed E-state index contributed by atoms with van der Waals surface area (Å²) in [5.41, 5.74) is 1.20. The number of rotatable bonds is 4. The molecule has 0 heterocycles. The normalized spacial score (nSPS) is 12.4. The maximum atomic E-state index is 12.3. The largest absolute Gasteiger partial charge is 0.389 e. The van der Waals surface area contributed by atoms with Crippen molar-refractivity contribution in [2.45, 2.75) is 17.9 Å². The van der Waals surface area contributed by atoms with Crippen molar-refractivity contribution in [3.05, 3.63) is 59.7 Å². The van der Waals surface area contributed by atoms with Gasteiger partial charge in [0, 0.05) is 0 Å². The van der Waals surface area contributed by atoms with Crippen molar-refractivity contribution in [3.8, 4) is 6.07 Å². The summed E-state index contributed by atoms with van der Waals surface area (Å²) in [7, 11) is -3.76. The Morgan fingerprint density at radius 2 is 1.90 bits per heavy atom. The summed E-state index contributed by atoms with van der Waals surface area (Å²) in [4.78, 5) is 0.0586. The number of hydrogen-bond donors (Lipinski definition) is 2. The highest BCUT2D eigenvalue weighted by Gasteiger charge is 2.15. The Hall–Kier alpha value is -2.36. The van der Waals surface area contributed by atoms with E-state index in [0.717, 1.165) is 0 Å². The summed E-state index contributed by atoms with van der Waals surface area (Å²) >= 11 is 0. The van der Waals surface area contributed by atoms with Crippen LogP contribution < -0.4 is 4.72 Å². The number of aliphatic hydroxyl groups excluding tert-OH is 1. The van der Waals surface area contributed by atoms with Crippen LogP contribution in [-0.4, -0.2) is 13.5 Å². The Labute approximate surface area is 123 Å².